The van der Waals surface area contributed by atoms with Gasteiger partial charge < -0.3 is 5.32 Å². The van der Waals surface area contributed by atoms with E-state index in [9.17, 15) is 8.42 Å². The van der Waals surface area contributed by atoms with Crippen LogP contribution in [0.15, 0.2) is 45.1 Å². The highest BCUT2D eigenvalue weighted by Gasteiger charge is 2.15. The maximum absolute atomic E-state index is 11.5. The van der Waals surface area contributed by atoms with Crippen molar-refractivity contribution in [1.82, 2.24) is 5.32 Å². The molecule has 0 aliphatic heterocycles. The summed E-state index contributed by atoms with van der Waals surface area (Å²) < 4.78 is 24.2. The van der Waals surface area contributed by atoms with E-state index in [0.717, 1.165) is 23.0 Å². The molecule has 1 heterocycles. The number of hydrogen-bond donors (Lipinski definition) is 1. The lowest BCUT2D eigenvalue weighted by Gasteiger charge is -2.18. The summed E-state index contributed by atoms with van der Waals surface area (Å²) in [5, 5.41) is 5.52. The lowest BCUT2D eigenvalue weighted by atomic mass is 10.0. The van der Waals surface area contributed by atoms with Gasteiger partial charge in [-0.15, -0.1) is 11.3 Å². The molecule has 114 valence electrons. The zero-order valence-corrected chi connectivity index (χ0v) is 15.2. The van der Waals surface area contributed by atoms with Crippen molar-refractivity contribution in [3.05, 3.63) is 50.6 Å². The van der Waals surface area contributed by atoms with Crippen LogP contribution < -0.4 is 5.32 Å². The van der Waals surface area contributed by atoms with Crippen LogP contribution in [0.25, 0.3) is 0 Å². The van der Waals surface area contributed by atoms with E-state index in [2.05, 4.69) is 39.6 Å². The first-order valence-corrected chi connectivity index (χ1v) is 10.2. The summed E-state index contributed by atoms with van der Waals surface area (Å²) in [6.07, 6.45) is 2.11. The zero-order valence-electron chi connectivity index (χ0n) is 12.0. The van der Waals surface area contributed by atoms with Crippen LogP contribution in [0.2, 0.25) is 0 Å². The highest BCUT2D eigenvalue weighted by atomic mass is 79.9. The highest BCUT2D eigenvalue weighted by molar-refractivity contribution is 9.10. The van der Waals surface area contributed by atoms with E-state index in [1.807, 2.05) is 12.1 Å². The molecule has 1 atom stereocenters. The predicted molar refractivity (Wildman–Crippen MR) is 91.7 cm³/mol. The Hall–Kier alpha value is -0.690. The Morgan fingerprint density at radius 3 is 2.38 bits per heavy atom. The summed E-state index contributed by atoms with van der Waals surface area (Å²) in [5.41, 5.74) is 1.10. The molecule has 1 aromatic heterocycles. The molecule has 0 fully saturated rings. The Labute approximate surface area is 138 Å². The van der Waals surface area contributed by atoms with Crippen molar-refractivity contribution < 1.29 is 8.42 Å². The fourth-order valence-electron chi connectivity index (χ4n) is 2.16. The first kappa shape index (κ1) is 16.7. The van der Waals surface area contributed by atoms with Crippen molar-refractivity contribution >= 4 is 37.1 Å². The van der Waals surface area contributed by atoms with Gasteiger partial charge in [0, 0.05) is 28.1 Å². The Kier molecular flexibility index (Phi) is 5.60. The molecule has 3 nitrogen and oxygen atoms in total. The molecule has 21 heavy (non-hydrogen) atoms. The quantitative estimate of drug-likeness (QED) is 0.819. The van der Waals surface area contributed by atoms with Crippen molar-refractivity contribution in [2.75, 3.05) is 12.8 Å². The van der Waals surface area contributed by atoms with Gasteiger partial charge in [-0.1, -0.05) is 19.1 Å². The molecule has 0 saturated carbocycles. The largest absolute Gasteiger partial charge is 0.310 e. The molecule has 0 aliphatic rings. The molecule has 0 saturated heterocycles. The van der Waals surface area contributed by atoms with Gasteiger partial charge in [0.1, 0.15) is 0 Å². The first-order valence-electron chi connectivity index (χ1n) is 6.67. The predicted octanol–water partition coefficient (Wildman–Crippen LogP) is 3.81. The molecule has 1 unspecified atom stereocenters. The van der Waals surface area contributed by atoms with Crippen molar-refractivity contribution in [1.29, 1.82) is 0 Å². The minimum atomic E-state index is -3.14. The monoisotopic (exact) mass is 387 g/mol. The fourth-order valence-corrected chi connectivity index (χ4v) is 4.35. The van der Waals surface area contributed by atoms with E-state index >= 15 is 0 Å². The second-order valence-electron chi connectivity index (χ2n) is 4.85. The van der Waals surface area contributed by atoms with Crippen LogP contribution in [-0.4, -0.2) is 21.2 Å². The van der Waals surface area contributed by atoms with E-state index in [4.69, 9.17) is 0 Å². The number of benzene rings is 1. The minimum absolute atomic E-state index is 0.179. The van der Waals surface area contributed by atoms with Crippen molar-refractivity contribution in [2.24, 2.45) is 0 Å². The third kappa shape index (κ3) is 4.39. The number of likely N-dealkylation sites (N-methyl/N-ethyl adjacent to an activating group) is 1. The third-order valence-electron chi connectivity index (χ3n) is 3.24. The van der Waals surface area contributed by atoms with Crippen LogP contribution in [0, 0.1) is 0 Å². The number of nitrogens with one attached hydrogen (secondary N) is 1. The molecule has 0 bridgehead atoms. The normalized spacial score (nSPS) is 13.3. The van der Waals surface area contributed by atoms with Gasteiger partial charge in [0.15, 0.2) is 9.84 Å². The lowest BCUT2D eigenvalue weighted by molar-refractivity contribution is 0.552. The zero-order chi connectivity index (χ0) is 15.5. The van der Waals surface area contributed by atoms with Gasteiger partial charge in [-0.2, -0.15) is 0 Å². The third-order valence-corrected chi connectivity index (χ3v) is 6.32. The summed E-state index contributed by atoms with van der Waals surface area (Å²) >= 11 is 5.28. The average molecular weight is 388 g/mol. The number of rotatable bonds is 6. The van der Waals surface area contributed by atoms with Crippen LogP contribution in [-0.2, 0) is 16.3 Å². The average Bonchev–Trinajstić information content (AvgIpc) is 2.83. The Morgan fingerprint density at radius 1 is 1.24 bits per heavy atom. The van der Waals surface area contributed by atoms with E-state index in [1.54, 1.807) is 23.5 Å². The molecule has 0 radical (unpaired) electrons. The van der Waals surface area contributed by atoms with Gasteiger partial charge in [-0.05, 0) is 51.6 Å². The summed E-state index contributed by atoms with van der Waals surface area (Å²) in [6, 6.07) is 9.38. The van der Waals surface area contributed by atoms with Gasteiger partial charge in [0.25, 0.3) is 0 Å². The summed E-state index contributed by atoms with van der Waals surface area (Å²) in [4.78, 5) is 1.65. The van der Waals surface area contributed by atoms with Gasteiger partial charge >= 0.3 is 0 Å². The van der Waals surface area contributed by atoms with Crippen molar-refractivity contribution in [3.63, 3.8) is 0 Å². The van der Waals surface area contributed by atoms with Crippen LogP contribution in [0.4, 0.5) is 0 Å². The Bertz CT molecular complexity index is 693. The van der Waals surface area contributed by atoms with Crippen molar-refractivity contribution in [3.8, 4) is 0 Å². The number of halogens is 1. The molecule has 6 heteroatoms. The van der Waals surface area contributed by atoms with Crippen molar-refractivity contribution in [2.45, 2.75) is 24.3 Å². The molecule has 0 amide bonds. The second-order valence-corrected chi connectivity index (χ2v) is 8.72. The van der Waals surface area contributed by atoms with E-state index in [-0.39, 0.29) is 6.04 Å². The molecule has 2 aromatic rings. The smallest absolute Gasteiger partial charge is 0.175 e. The Balaban J connectivity index is 2.24. The lowest BCUT2D eigenvalue weighted by Crippen LogP contribution is -2.22. The molecule has 2 rings (SSSR count). The minimum Gasteiger partial charge on any atom is -0.310 e. The van der Waals surface area contributed by atoms with Gasteiger partial charge in [-0.3, -0.25) is 0 Å². The topological polar surface area (TPSA) is 46.2 Å². The summed E-state index contributed by atoms with van der Waals surface area (Å²) in [6.45, 7) is 2.93. The molecular formula is C15H18BrNO2S2. The summed E-state index contributed by atoms with van der Waals surface area (Å²) in [7, 11) is -3.14. The van der Waals surface area contributed by atoms with E-state index in [1.165, 1.54) is 11.1 Å². The van der Waals surface area contributed by atoms with E-state index < -0.39 is 9.84 Å². The van der Waals surface area contributed by atoms with Crippen LogP contribution >= 0.6 is 27.3 Å². The summed E-state index contributed by atoms with van der Waals surface area (Å²) in [5.74, 6) is 0. The molecule has 1 aromatic carbocycles. The molecular weight excluding hydrogens is 370 g/mol. The van der Waals surface area contributed by atoms with Gasteiger partial charge in [0.05, 0.1) is 4.90 Å². The number of sulfone groups is 1. The molecule has 0 spiro atoms. The first-order chi connectivity index (χ1) is 9.91. The number of thiophene rings is 1. The fraction of sp³-hybridized carbons (Fsp3) is 0.333. The highest BCUT2D eigenvalue weighted by Crippen LogP contribution is 2.28. The van der Waals surface area contributed by atoms with Gasteiger partial charge in [-0.25, -0.2) is 8.42 Å². The maximum atomic E-state index is 11.5. The standard InChI is InChI=1S/C15H18BrNO2S2/c1-3-17-14(10-15-13(16)8-9-20-15)11-4-6-12(7-5-11)21(2,18)19/h4-9,14,17H,3,10H2,1-2H3. The molecule has 1 N–H and O–H groups in total. The van der Waals surface area contributed by atoms with Gasteiger partial charge in [0.2, 0.25) is 0 Å². The number of hydrogen-bond acceptors (Lipinski definition) is 4. The van der Waals surface area contributed by atoms with Crippen LogP contribution in [0.1, 0.15) is 23.4 Å². The Morgan fingerprint density at radius 2 is 1.90 bits per heavy atom. The SMILES string of the molecule is CCNC(Cc1sccc1Br)c1ccc(S(C)(=O)=O)cc1. The molecule has 0 aliphatic carbocycles. The second kappa shape index (κ2) is 7.05. The maximum Gasteiger partial charge on any atom is 0.175 e. The van der Waals surface area contributed by atoms with E-state index in [0.29, 0.717) is 4.90 Å². The van der Waals surface area contributed by atoms with Crippen LogP contribution in [0.3, 0.4) is 0 Å². The van der Waals surface area contributed by atoms with Crippen LogP contribution in [0.5, 0.6) is 0 Å².